The number of carboxylic acid groups (broad SMARTS) is 1. The van der Waals surface area contributed by atoms with Crippen molar-refractivity contribution in [3.8, 4) is 0 Å². The van der Waals surface area contributed by atoms with E-state index in [2.05, 4.69) is 13.5 Å². The van der Waals surface area contributed by atoms with Gasteiger partial charge in [0, 0.05) is 16.4 Å². The van der Waals surface area contributed by atoms with E-state index in [4.69, 9.17) is 4.74 Å². The zero-order valence-electron chi connectivity index (χ0n) is 18.8. The molecule has 7 atom stereocenters. The first-order valence-corrected chi connectivity index (χ1v) is 11.5. The predicted octanol–water partition coefficient (Wildman–Crippen LogP) is 4.64. The van der Waals surface area contributed by atoms with Crippen LogP contribution in [0.1, 0.15) is 79.1 Å². The summed E-state index contributed by atoms with van der Waals surface area (Å²) in [5.74, 6) is -0.942. The molecule has 2 N–H and O–H groups in total. The van der Waals surface area contributed by atoms with E-state index in [0.29, 0.717) is 24.8 Å². The maximum Gasteiger partial charge on any atom is 0.333 e. The number of fused-ring (bicyclic) bond motifs is 3. The first kappa shape index (κ1) is 21.6. The zero-order valence-corrected chi connectivity index (χ0v) is 18.8. The molecular formula is C25H36O5. The van der Waals surface area contributed by atoms with E-state index in [0.717, 1.165) is 37.7 Å². The molecule has 4 fully saturated rings. The fraction of sp³-hybridized carbons (Fsp3) is 0.760. The van der Waals surface area contributed by atoms with E-state index >= 15 is 0 Å². The number of ether oxygens (including phenoxy) is 1. The first-order valence-electron chi connectivity index (χ1n) is 11.5. The number of carbonyl (C=O) groups is 2. The average molecular weight is 417 g/mol. The van der Waals surface area contributed by atoms with Gasteiger partial charge in [0.15, 0.2) is 0 Å². The topological polar surface area (TPSA) is 83.8 Å². The standard InChI is InChI=1S/C25H36O5/c1-6-15(2)20(26)30-19-16(3)17-8-13-25(29)23(5)11-7-10-22(4,21(27)28)18(23)9-12-24(19,25)14-17/h6,17-19,29H,3,7-14H2,1-2,4-5H3,(H,27,28)/b15-6-/t17-,18+,19+,22-,23-,24+,25-/m1/s1. The number of hydrogen-bond acceptors (Lipinski definition) is 4. The highest BCUT2D eigenvalue weighted by Crippen LogP contribution is 2.74. The molecule has 2 bridgehead atoms. The third-order valence-corrected chi connectivity index (χ3v) is 9.87. The Kier molecular flexibility index (Phi) is 4.82. The normalized spacial score (nSPS) is 48.0. The van der Waals surface area contributed by atoms with Crippen molar-refractivity contribution in [2.75, 3.05) is 0 Å². The summed E-state index contributed by atoms with van der Waals surface area (Å²) >= 11 is 0. The van der Waals surface area contributed by atoms with Gasteiger partial charge in [-0.3, -0.25) is 4.79 Å². The molecule has 0 amide bonds. The van der Waals surface area contributed by atoms with E-state index in [9.17, 15) is 19.8 Å². The van der Waals surface area contributed by atoms with Crippen LogP contribution in [0.25, 0.3) is 0 Å². The number of allylic oxidation sites excluding steroid dienone is 1. The highest BCUT2D eigenvalue weighted by Gasteiger charge is 2.75. The molecule has 4 rings (SSSR count). The molecule has 0 saturated heterocycles. The molecule has 4 saturated carbocycles. The molecule has 0 radical (unpaired) electrons. The maximum atomic E-state index is 12.7. The Hall–Kier alpha value is -1.62. The molecule has 0 aliphatic heterocycles. The van der Waals surface area contributed by atoms with Crippen molar-refractivity contribution in [2.45, 2.75) is 90.8 Å². The van der Waals surface area contributed by atoms with Crippen LogP contribution in [0.3, 0.4) is 0 Å². The second-order valence-electron chi connectivity index (χ2n) is 10.9. The van der Waals surface area contributed by atoms with Crippen LogP contribution >= 0.6 is 0 Å². The van der Waals surface area contributed by atoms with Crippen LogP contribution in [0.15, 0.2) is 23.8 Å². The molecule has 0 aromatic rings. The summed E-state index contributed by atoms with van der Waals surface area (Å²) in [6.07, 6.45) is 7.12. The first-order chi connectivity index (χ1) is 14.0. The Morgan fingerprint density at radius 2 is 1.87 bits per heavy atom. The van der Waals surface area contributed by atoms with Gasteiger partial charge >= 0.3 is 11.9 Å². The van der Waals surface area contributed by atoms with E-state index in [1.54, 1.807) is 13.0 Å². The van der Waals surface area contributed by atoms with Gasteiger partial charge in [-0.1, -0.05) is 26.0 Å². The molecule has 0 heterocycles. The summed E-state index contributed by atoms with van der Waals surface area (Å²) in [6, 6.07) is 0. The molecule has 0 unspecified atom stereocenters. The highest BCUT2D eigenvalue weighted by atomic mass is 16.5. The van der Waals surface area contributed by atoms with Crippen LogP contribution in [0.4, 0.5) is 0 Å². The van der Waals surface area contributed by atoms with Gasteiger partial charge in [-0.15, -0.1) is 0 Å². The van der Waals surface area contributed by atoms with Crippen LogP contribution < -0.4 is 0 Å². The number of hydrogen-bond donors (Lipinski definition) is 2. The minimum Gasteiger partial charge on any atom is -0.481 e. The van der Waals surface area contributed by atoms with Gasteiger partial charge < -0.3 is 14.9 Å². The minimum absolute atomic E-state index is 0.0917. The molecule has 0 aromatic heterocycles. The molecule has 30 heavy (non-hydrogen) atoms. The third kappa shape index (κ3) is 2.44. The van der Waals surface area contributed by atoms with Gasteiger partial charge in [0.2, 0.25) is 0 Å². The van der Waals surface area contributed by atoms with E-state index in [1.807, 2.05) is 13.8 Å². The highest BCUT2D eigenvalue weighted by molar-refractivity contribution is 5.88. The quantitative estimate of drug-likeness (QED) is 0.398. The fourth-order valence-electron chi connectivity index (χ4n) is 8.02. The molecule has 4 aliphatic rings. The molecule has 166 valence electrons. The molecule has 5 heteroatoms. The summed E-state index contributed by atoms with van der Waals surface area (Å²) in [4.78, 5) is 25.0. The van der Waals surface area contributed by atoms with Crippen molar-refractivity contribution in [1.82, 2.24) is 0 Å². The van der Waals surface area contributed by atoms with Crippen molar-refractivity contribution in [2.24, 2.45) is 28.1 Å². The van der Waals surface area contributed by atoms with Crippen LogP contribution in [-0.4, -0.2) is 33.9 Å². The van der Waals surface area contributed by atoms with Crippen LogP contribution in [-0.2, 0) is 14.3 Å². The number of carboxylic acids is 1. The summed E-state index contributed by atoms with van der Waals surface area (Å²) in [6.45, 7) is 11.8. The Labute approximate surface area is 179 Å². The lowest BCUT2D eigenvalue weighted by Crippen LogP contribution is -2.71. The van der Waals surface area contributed by atoms with Crippen molar-refractivity contribution >= 4 is 11.9 Å². The van der Waals surface area contributed by atoms with Crippen molar-refractivity contribution in [3.63, 3.8) is 0 Å². The number of esters is 1. The summed E-state index contributed by atoms with van der Waals surface area (Å²) < 4.78 is 6.06. The van der Waals surface area contributed by atoms with E-state index < -0.39 is 33.9 Å². The second kappa shape index (κ2) is 6.69. The maximum absolute atomic E-state index is 12.7. The Bertz CT molecular complexity index is 829. The summed E-state index contributed by atoms with van der Waals surface area (Å²) in [5, 5.41) is 22.6. The van der Waals surface area contributed by atoms with E-state index in [-0.39, 0.29) is 17.8 Å². The number of aliphatic hydroxyl groups is 1. The lowest BCUT2D eigenvalue weighted by atomic mass is 9.38. The lowest BCUT2D eigenvalue weighted by Gasteiger charge is -2.68. The molecule has 4 aliphatic carbocycles. The minimum atomic E-state index is -1.06. The van der Waals surface area contributed by atoms with Crippen LogP contribution in [0.2, 0.25) is 0 Å². The van der Waals surface area contributed by atoms with Gasteiger partial charge in [-0.25, -0.2) is 4.79 Å². The second-order valence-corrected chi connectivity index (χ2v) is 10.9. The van der Waals surface area contributed by atoms with Gasteiger partial charge in [0.1, 0.15) is 6.10 Å². The average Bonchev–Trinajstić information content (AvgIpc) is 2.92. The summed E-state index contributed by atoms with van der Waals surface area (Å²) in [5.41, 5.74) is -1.50. The predicted molar refractivity (Wildman–Crippen MR) is 114 cm³/mol. The van der Waals surface area contributed by atoms with Crippen LogP contribution in [0.5, 0.6) is 0 Å². The Morgan fingerprint density at radius 1 is 1.17 bits per heavy atom. The number of rotatable bonds is 3. The monoisotopic (exact) mass is 416 g/mol. The molecule has 1 spiro atoms. The largest absolute Gasteiger partial charge is 0.481 e. The van der Waals surface area contributed by atoms with Gasteiger partial charge in [0.25, 0.3) is 0 Å². The Morgan fingerprint density at radius 3 is 2.50 bits per heavy atom. The lowest BCUT2D eigenvalue weighted by molar-refractivity contribution is -0.278. The smallest absolute Gasteiger partial charge is 0.333 e. The third-order valence-electron chi connectivity index (χ3n) is 9.87. The molecule has 0 aromatic carbocycles. The molecule has 5 nitrogen and oxygen atoms in total. The fourth-order valence-corrected chi connectivity index (χ4v) is 8.02. The van der Waals surface area contributed by atoms with Crippen LogP contribution in [0, 0.1) is 28.1 Å². The molecular weight excluding hydrogens is 380 g/mol. The number of aliphatic carboxylic acids is 1. The zero-order chi connectivity index (χ0) is 22.1. The van der Waals surface area contributed by atoms with Crippen molar-refractivity contribution < 1.29 is 24.5 Å². The van der Waals surface area contributed by atoms with Crippen molar-refractivity contribution in [3.05, 3.63) is 23.8 Å². The van der Waals surface area contributed by atoms with Gasteiger partial charge in [-0.05, 0) is 83.1 Å². The van der Waals surface area contributed by atoms with E-state index in [1.165, 1.54) is 0 Å². The SMILES string of the molecule is C=C1[C@@H]2CC[C@]3(O)[C@@](CC[C@H]4[C@](C)(C(=O)O)CCC[C@]43C)(C2)[C@H]1OC(=O)/C(C)=C\C. The number of carbonyl (C=O) groups excluding carboxylic acids is 1. The summed E-state index contributed by atoms with van der Waals surface area (Å²) in [7, 11) is 0. The Balaban J connectivity index is 1.80. The van der Waals surface area contributed by atoms with Gasteiger partial charge in [-0.2, -0.15) is 0 Å². The van der Waals surface area contributed by atoms with Crippen molar-refractivity contribution in [1.29, 1.82) is 0 Å². The van der Waals surface area contributed by atoms with Gasteiger partial charge in [0.05, 0.1) is 11.0 Å².